The molecule has 1 amide bonds. The number of hydrogen-bond donors (Lipinski definition) is 3. The Balaban J connectivity index is 1.89. The van der Waals surface area contributed by atoms with Crippen molar-refractivity contribution in [3.63, 3.8) is 0 Å². The van der Waals surface area contributed by atoms with Gasteiger partial charge in [0.25, 0.3) is 5.91 Å². The summed E-state index contributed by atoms with van der Waals surface area (Å²) >= 11 is 1.13. The van der Waals surface area contributed by atoms with Gasteiger partial charge in [-0.15, -0.1) is 11.3 Å². The Hall–Kier alpha value is -2.32. The van der Waals surface area contributed by atoms with Crippen LogP contribution in [0.1, 0.15) is 20.1 Å². The van der Waals surface area contributed by atoms with Crippen molar-refractivity contribution < 1.29 is 31.2 Å². The number of carbonyl (C=O) groups is 2. The van der Waals surface area contributed by atoms with Gasteiger partial charge in [0.1, 0.15) is 4.88 Å². The van der Waals surface area contributed by atoms with Crippen LogP contribution in [-0.2, 0) is 36.0 Å². The number of nitrogens with one attached hydrogen (secondary N) is 2. The summed E-state index contributed by atoms with van der Waals surface area (Å²) in [7, 11) is -7.22. The molecule has 4 N–H and O–H groups in total. The minimum atomic E-state index is -3.94. The second-order valence-corrected chi connectivity index (χ2v) is 10.9. The fraction of sp³-hybridized carbons (Fsp3) is 0.294. The van der Waals surface area contributed by atoms with Crippen LogP contribution in [-0.4, -0.2) is 48.1 Å². The van der Waals surface area contributed by atoms with Gasteiger partial charge in [0, 0.05) is 17.1 Å². The number of thiophene rings is 1. The van der Waals surface area contributed by atoms with Crippen LogP contribution in [0.5, 0.6) is 0 Å². The lowest BCUT2D eigenvalue weighted by Crippen LogP contribution is -2.24. The first kappa shape index (κ1) is 24.0. The van der Waals surface area contributed by atoms with E-state index in [0.717, 1.165) is 22.5 Å². The van der Waals surface area contributed by atoms with Gasteiger partial charge in [-0.2, -0.15) is 0 Å². The Bertz CT molecular complexity index is 1160. The summed E-state index contributed by atoms with van der Waals surface area (Å²) in [6, 6.07) is 7.42. The average Bonchev–Trinajstić information content (AvgIpc) is 3.08. The van der Waals surface area contributed by atoms with E-state index in [0.29, 0.717) is 12.0 Å². The minimum absolute atomic E-state index is 0.117. The normalized spacial score (nSPS) is 11.8. The van der Waals surface area contributed by atoms with Crippen molar-refractivity contribution in [1.29, 1.82) is 0 Å². The van der Waals surface area contributed by atoms with Crippen LogP contribution in [0.2, 0.25) is 0 Å². The number of benzene rings is 1. The molecule has 0 atom stereocenters. The first-order valence-corrected chi connectivity index (χ1v) is 12.7. The summed E-state index contributed by atoms with van der Waals surface area (Å²) < 4.78 is 52.5. The average molecular weight is 476 g/mol. The van der Waals surface area contributed by atoms with E-state index in [1.54, 1.807) is 13.0 Å². The Morgan fingerprint density at radius 2 is 1.83 bits per heavy atom. The molecule has 0 unspecified atom stereocenters. The number of ether oxygens (including phenoxy) is 1. The molecule has 0 fully saturated rings. The zero-order chi connectivity index (χ0) is 22.5. The quantitative estimate of drug-likeness (QED) is 0.447. The molecular weight excluding hydrogens is 454 g/mol. The number of rotatable bonds is 9. The molecule has 2 aromatic rings. The van der Waals surface area contributed by atoms with Gasteiger partial charge in [0.05, 0.1) is 11.2 Å². The van der Waals surface area contributed by atoms with Crippen molar-refractivity contribution >= 4 is 48.9 Å². The predicted octanol–water partition coefficient (Wildman–Crippen LogP) is 0.591. The summed E-state index contributed by atoms with van der Waals surface area (Å²) in [5, 5.41) is 7.57. The summed E-state index contributed by atoms with van der Waals surface area (Å²) in [5.74, 6) is -1.35. The maximum absolute atomic E-state index is 12.1. The number of hydrogen-bond acceptors (Lipinski definition) is 8. The second-order valence-electron chi connectivity index (χ2n) is 6.33. The van der Waals surface area contributed by atoms with E-state index < -0.39 is 38.5 Å². The van der Waals surface area contributed by atoms with Gasteiger partial charge >= 0.3 is 5.97 Å². The van der Waals surface area contributed by atoms with Crippen LogP contribution in [0.3, 0.4) is 0 Å². The number of nitrogens with two attached hydrogens (primary N) is 1. The molecule has 0 bridgehead atoms. The molecule has 0 radical (unpaired) electrons. The molecule has 1 aromatic heterocycles. The van der Waals surface area contributed by atoms with Crippen LogP contribution in [0, 0.1) is 6.92 Å². The highest BCUT2D eigenvalue weighted by Gasteiger charge is 2.15. The number of aryl methyl sites for hydroxylation is 1. The molecule has 0 aliphatic heterocycles. The number of carbonyl (C=O) groups excluding carboxylic acids is 2. The lowest BCUT2D eigenvalue weighted by Gasteiger charge is -2.09. The number of esters is 1. The highest BCUT2D eigenvalue weighted by molar-refractivity contribution is 7.89. The van der Waals surface area contributed by atoms with E-state index in [4.69, 9.17) is 9.88 Å². The van der Waals surface area contributed by atoms with Gasteiger partial charge in [-0.3, -0.25) is 4.79 Å². The SMILES string of the molecule is Cc1ccc(NC(=O)COC(=O)c2ccc(CCNS(C)(=O)=O)s2)cc1S(N)(=O)=O. The van der Waals surface area contributed by atoms with Crippen molar-refractivity contribution in [3.8, 4) is 0 Å². The standard InChI is InChI=1S/C17H21N3O7S3/c1-11-3-4-12(9-15(11)30(18,25)26)20-16(21)10-27-17(22)14-6-5-13(28-14)7-8-19-29(2,23)24/h3-6,9,19H,7-8,10H2,1-2H3,(H,20,21)(H2,18,25,26). The Labute approximate surface area is 178 Å². The second kappa shape index (κ2) is 9.66. The molecule has 0 saturated carbocycles. The van der Waals surface area contributed by atoms with Gasteiger partial charge in [-0.1, -0.05) is 6.07 Å². The monoisotopic (exact) mass is 475 g/mol. The van der Waals surface area contributed by atoms with Crippen LogP contribution < -0.4 is 15.2 Å². The van der Waals surface area contributed by atoms with E-state index >= 15 is 0 Å². The van der Waals surface area contributed by atoms with Crippen LogP contribution >= 0.6 is 11.3 Å². The highest BCUT2D eigenvalue weighted by atomic mass is 32.2. The molecule has 0 aliphatic carbocycles. The maximum atomic E-state index is 12.1. The van der Waals surface area contributed by atoms with Crippen LogP contribution in [0.15, 0.2) is 35.2 Å². The Morgan fingerprint density at radius 3 is 2.47 bits per heavy atom. The molecular formula is C17H21N3O7S3. The third-order valence-corrected chi connectivity index (χ3v) is 6.62. The Kier molecular flexibility index (Phi) is 7.71. The van der Waals surface area contributed by atoms with Gasteiger partial charge < -0.3 is 10.1 Å². The topological polar surface area (TPSA) is 162 Å². The lowest BCUT2D eigenvalue weighted by atomic mass is 10.2. The zero-order valence-corrected chi connectivity index (χ0v) is 18.6. The number of anilines is 1. The first-order chi connectivity index (χ1) is 13.8. The van der Waals surface area contributed by atoms with Gasteiger partial charge in [0.15, 0.2) is 6.61 Å². The first-order valence-electron chi connectivity index (χ1n) is 8.49. The lowest BCUT2D eigenvalue weighted by molar-refractivity contribution is -0.119. The van der Waals surface area contributed by atoms with E-state index in [2.05, 4.69) is 10.0 Å². The van der Waals surface area contributed by atoms with E-state index in [1.165, 1.54) is 24.3 Å². The number of primary sulfonamides is 1. The van der Waals surface area contributed by atoms with Crippen molar-refractivity contribution in [2.24, 2.45) is 5.14 Å². The van der Waals surface area contributed by atoms with Crippen molar-refractivity contribution in [3.05, 3.63) is 45.6 Å². The zero-order valence-electron chi connectivity index (χ0n) is 16.2. The van der Waals surface area contributed by atoms with Crippen molar-refractivity contribution in [2.45, 2.75) is 18.2 Å². The third-order valence-electron chi connectivity index (χ3n) is 3.71. The number of amides is 1. The summed E-state index contributed by atoms with van der Waals surface area (Å²) in [4.78, 5) is 25.0. The predicted molar refractivity (Wildman–Crippen MR) is 112 cm³/mol. The molecule has 30 heavy (non-hydrogen) atoms. The van der Waals surface area contributed by atoms with E-state index in [-0.39, 0.29) is 22.0 Å². The van der Waals surface area contributed by atoms with Gasteiger partial charge in [-0.25, -0.2) is 31.5 Å². The van der Waals surface area contributed by atoms with E-state index in [1.807, 2.05) is 0 Å². The van der Waals surface area contributed by atoms with Crippen molar-refractivity contribution in [1.82, 2.24) is 4.72 Å². The van der Waals surface area contributed by atoms with Gasteiger partial charge in [0.2, 0.25) is 20.0 Å². The van der Waals surface area contributed by atoms with E-state index in [9.17, 15) is 26.4 Å². The highest BCUT2D eigenvalue weighted by Crippen LogP contribution is 2.20. The number of sulfonamides is 2. The third kappa shape index (κ3) is 7.50. The largest absolute Gasteiger partial charge is 0.451 e. The molecule has 13 heteroatoms. The molecule has 10 nitrogen and oxygen atoms in total. The van der Waals surface area contributed by atoms with Crippen molar-refractivity contribution in [2.75, 3.05) is 24.7 Å². The van der Waals surface area contributed by atoms with Gasteiger partial charge in [-0.05, 0) is 43.2 Å². The fourth-order valence-electron chi connectivity index (χ4n) is 2.37. The molecule has 1 heterocycles. The molecule has 0 spiro atoms. The molecule has 0 aliphatic rings. The smallest absolute Gasteiger partial charge is 0.348 e. The van der Waals surface area contributed by atoms with Crippen LogP contribution in [0.4, 0.5) is 5.69 Å². The molecule has 1 aromatic carbocycles. The maximum Gasteiger partial charge on any atom is 0.348 e. The molecule has 2 rings (SSSR count). The summed E-state index contributed by atoms with van der Waals surface area (Å²) in [5.41, 5.74) is 0.629. The minimum Gasteiger partial charge on any atom is -0.451 e. The summed E-state index contributed by atoms with van der Waals surface area (Å²) in [6.45, 7) is 1.20. The molecule has 0 saturated heterocycles. The Morgan fingerprint density at radius 1 is 1.13 bits per heavy atom. The molecule has 164 valence electrons. The fourth-order valence-corrected chi connectivity index (χ4v) is 4.55. The van der Waals surface area contributed by atoms with Crippen LogP contribution in [0.25, 0.3) is 0 Å². The summed E-state index contributed by atoms with van der Waals surface area (Å²) in [6.07, 6.45) is 1.47.